The number of likely N-dealkylation sites (tertiary alicyclic amines) is 1. The quantitative estimate of drug-likeness (QED) is 0.624. The van der Waals surface area contributed by atoms with E-state index in [0.717, 1.165) is 43.2 Å². The normalized spacial score (nSPS) is 16.9. The van der Waals surface area contributed by atoms with Crippen molar-refractivity contribution >= 4 is 23.3 Å². The van der Waals surface area contributed by atoms with Crippen molar-refractivity contribution in [3.63, 3.8) is 0 Å². The van der Waals surface area contributed by atoms with E-state index < -0.39 is 0 Å². The van der Waals surface area contributed by atoms with Gasteiger partial charge in [0.05, 0.1) is 11.5 Å². The van der Waals surface area contributed by atoms with Gasteiger partial charge in [0.2, 0.25) is 5.91 Å². The lowest BCUT2D eigenvalue weighted by Gasteiger charge is -2.38. The third kappa shape index (κ3) is 4.53. The second-order valence-electron chi connectivity index (χ2n) is 9.19. The number of aromatic nitrogens is 2. The highest BCUT2D eigenvalue weighted by molar-refractivity contribution is 5.95. The van der Waals surface area contributed by atoms with Gasteiger partial charge in [0.25, 0.3) is 5.91 Å². The van der Waals surface area contributed by atoms with Crippen LogP contribution in [-0.4, -0.2) is 53.1 Å². The Morgan fingerprint density at radius 1 is 1.06 bits per heavy atom. The van der Waals surface area contributed by atoms with E-state index in [1.807, 2.05) is 54.0 Å². The number of hydrogen-bond donors (Lipinski definition) is 1. The number of nitrogens with one attached hydrogen (secondary N) is 1. The molecule has 2 aliphatic heterocycles. The van der Waals surface area contributed by atoms with Gasteiger partial charge >= 0.3 is 0 Å². The lowest BCUT2D eigenvalue weighted by atomic mass is 9.89. The summed E-state index contributed by atoms with van der Waals surface area (Å²) in [7, 11) is 0. The van der Waals surface area contributed by atoms with Crippen molar-refractivity contribution in [3.8, 4) is 0 Å². The van der Waals surface area contributed by atoms with Crippen molar-refractivity contribution in [2.75, 3.05) is 36.4 Å². The number of hydrogen-bond acceptors (Lipinski definition) is 6. The summed E-state index contributed by atoms with van der Waals surface area (Å²) >= 11 is 0. The molecule has 0 unspecified atom stereocenters. The van der Waals surface area contributed by atoms with E-state index in [1.54, 1.807) is 6.20 Å². The van der Waals surface area contributed by atoms with Gasteiger partial charge in [0.1, 0.15) is 11.5 Å². The molecule has 8 nitrogen and oxygen atoms in total. The van der Waals surface area contributed by atoms with Crippen molar-refractivity contribution in [3.05, 3.63) is 71.3 Å². The first-order chi connectivity index (χ1) is 16.5. The van der Waals surface area contributed by atoms with Gasteiger partial charge in [0, 0.05) is 38.1 Å². The van der Waals surface area contributed by atoms with Crippen LogP contribution in [0, 0.1) is 19.8 Å². The molecule has 2 aliphatic rings. The van der Waals surface area contributed by atoms with Crippen LogP contribution in [0.15, 0.2) is 53.1 Å². The van der Waals surface area contributed by atoms with E-state index in [9.17, 15) is 9.59 Å². The molecule has 0 saturated carbocycles. The van der Waals surface area contributed by atoms with Crippen molar-refractivity contribution in [2.45, 2.75) is 32.6 Å². The van der Waals surface area contributed by atoms with E-state index in [1.165, 1.54) is 5.56 Å². The Balaban J connectivity index is 1.11. The van der Waals surface area contributed by atoms with Crippen LogP contribution in [0.5, 0.6) is 0 Å². The highest BCUT2D eigenvalue weighted by Crippen LogP contribution is 2.30. The van der Waals surface area contributed by atoms with Crippen LogP contribution < -0.4 is 10.2 Å². The van der Waals surface area contributed by atoms with Crippen LogP contribution in [0.4, 0.5) is 11.5 Å². The van der Waals surface area contributed by atoms with Crippen molar-refractivity contribution in [1.82, 2.24) is 15.1 Å². The summed E-state index contributed by atoms with van der Waals surface area (Å²) in [4.78, 5) is 29.4. The zero-order valence-corrected chi connectivity index (χ0v) is 19.5. The van der Waals surface area contributed by atoms with Crippen molar-refractivity contribution in [2.24, 2.45) is 5.92 Å². The molecule has 0 spiro atoms. The van der Waals surface area contributed by atoms with Gasteiger partial charge in [0.15, 0.2) is 5.82 Å². The molecule has 2 aromatic heterocycles. The number of piperidine rings is 1. The minimum Gasteiger partial charge on any atom is -0.466 e. The van der Waals surface area contributed by atoms with Crippen LogP contribution in [0.2, 0.25) is 0 Å². The molecule has 2 amide bonds. The van der Waals surface area contributed by atoms with E-state index in [0.29, 0.717) is 30.3 Å². The van der Waals surface area contributed by atoms with Crippen LogP contribution in [0.3, 0.4) is 0 Å². The average molecular weight is 460 g/mol. The van der Waals surface area contributed by atoms with Gasteiger partial charge in [-0.2, -0.15) is 5.10 Å². The van der Waals surface area contributed by atoms with Crippen LogP contribution >= 0.6 is 0 Å². The smallest absolute Gasteiger partial charge is 0.257 e. The fourth-order valence-electron chi connectivity index (χ4n) is 4.81. The SMILES string of the molecule is Cc1cc(C(=O)N2CCC(c3ccc(NC(=O)C4CN(c5cccnn5)C4)cc3)CC2)c(C)o1. The Morgan fingerprint density at radius 3 is 2.41 bits per heavy atom. The summed E-state index contributed by atoms with van der Waals surface area (Å²) in [5.41, 5.74) is 2.73. The predicted molar refractivity (Wildman–Crippen MR) is 129 cm³/mol. The van der Waals surface area contributed by atoms with E-state index in [2.05, 4.69) is 27.6 Å². The van der Waals surface area contributed by atoms with Crippen LogP contribution in [0.1, 0.15) is 46.2 Å². The number of carbonyl (C=O) groups is 2. The first-order valence-electron chi connectivity index (χ1n) is 11.8. The summed E-state index contributed by atoms with van der Waals surface area (Å²) in [6, 6.07) is 13.7. The Kier molecular flexibility index (Phi) is 6.04. The number of rotatable bonds is 5. The Bertz CT molecular complexity index is 1160. The van der Waals surface area contributed by atoms with Crippen molar-refractivity contribution in [1.29, 1.82) is 0 Å². The molecule has 34 heavy (non-hydrogen) atoms. The molecule has 0 aliphatic carbocycles. The van der Waals surface area contributed by atoms with Gasteiger partial charge in [-0.1, -0.05) is 12.1 Å². The predicted octanol–water partition coefficient (Wildman–Crippen LogP) is 3.78. The van der Waals surface area contributed by atoms with E-state index >= 15 is 0 Å². The highest BCUT2D eigenvalue weighted by atomic mass is 16.3. The number of anilines is 2. The third-order valence-corrected chi connectivity index (χ3v) is 6.84. The van der Waals surface area contributed by atoms with Crippen molar-refractivity contribution < 1.29 is 14.0 Å². The summed E-state index contributed by atoms with van der Waals surface area (Å²) < 4.78 is 5.52. The maximum absolute atomic E-state index is 12.8. The molecule has 0 bridgehead atoms. The van der Waals surface area contributed by atoms with Gasteiger partial charge in [-0.3, -0.25) is 9.59 Å². The third-order valence-electron chi connectivity index (χ3n) is 6.84. The number of benzene rings is 1. The van der Waals surface area contributed by atoms with Gasteiger partial charge in [-0.05, 0) is 68.5 Å². The topological polar surface area (TPSA) is 91.6 Å². The second-order valence-corrected chi connectivity index (χ2v) is 9.19. The molecule has 5 rings (SSSR count). The number of aryl methyl sites for hydroxylation is 2. The fourth-order valence-corrected chi connectivity index (χ4v) is 4.81. The maximum atomic E-state index is 12.8. The number of carbonyl (C=O) groups excluding carboxylic acids is 2. The Morgan fingerprint density at radius 2 is 1.79 bits per heavy atom. The second kappa shape index (κ2) is 9.29. The Labute approximate surface area is 199 Å². The molecule has 3 aromatic rings. The van der Waals surface area contributed by atoms with Gasteiger partial charge in [-0.25, -0.2) is 0 Å². The monoisotopic (exact) mass is 459 g/mol. The minimum atomic E-state index is -0.0498. The summed E-state index contributed by atoms with van der Waals surface area (Å²) in [6.45, 7) is 6.47. The summed E-state index contributed by atoms with van der Waals surface area (Å²) in [6.07, 6.45) is 3.49. The number of nitrogens with zero attached hydrogens (tertiary/aromatic N) is 4. The molecule has 176 valence electrons. The molecule has 8 heteroatoms. The first-order valence-corrected chi connectivity index (χ1v) is 11.8. The summed E-state index contributed by atoms with van der Waals surface area (Å²) in [5.74, 6) is 2.70. The number of furan rings is 1. The molecule has 0 radical (unpaired) electrons. The molecular weight excluding hydrogens is 430 g/mol. The van der Waals surface area contributed by atoms with Gasteiger partial charge in [-0.15, -0.1) is 5.10 Å². The molecule has 2 saturated heterocycles. The lowest BCUT2D eigenvalue weighted by Crippen LogP contribution is -2.52. The lowest BCUT2D eigenvalue weighted by molar-refractivity contribution is -0.120. The van der Waals surface area contributed by atoms with Crippen LogP contribution in [-0.2, 0) is 4.79 Å². The molecule has 1 aromatic carbocycles. The number of amides is 2. The zero-order valence-electron chi connectivity index (χ0n) is 19.5. The molecule has 2 fully saturated rings. The zero-order chi connectivity index (χ0) is 23.7. The largest absolute Gasteiger partial charge is 0.466 e. The molecule has 4 heterocycles. The van der Waals surface area contributed by atoms with E-state index in [-0.39, 0.29) is 17.7 Å². The summed E-state index contributed by atoms with van der Waals surface area (Å²) in [5, 5.41) is 11.0. The highest BCUT2D eigenvalue weighted by Gasteiger charge is 2.33. The Hall–Kier alpha value is -3.68. The first kappa shape index (κ1) is 22.1. The van der Waals surface area contributed by atoms with Crippen LogP contribution in [0.25, 0.3) is 0 Å². The molecular formula is C26H29N5O3. The minimum absolute atomic E-state index is 0.0319. The molecule has 0 atom stereocenters. The fraction of sp³-hybridized carbons (Fsp3) is 0.385. The molecule has 1 N–H and O–H groups in total. The van der Waals surface area contributed by atoms with E-state index in [4.69, 9.17) is 4.42 Å². The maximum Gasteiger partial charge on any atom is 0.257 e. The standard InChI is InChI=1S/C26H29N5O3/c1-17-14-23(18(2)34-17)26(33)30-12-9-20(10-13-30)19-5-7-22(8-6-19)28-25(32)21-15-31(16-21)24-4-3-11-27-29-24/h3-8,11,14,20-21H,9-10,12-13,15-16H2,1-2H3,(H,28,32). The average Bonchev–Trinajstić information content (AvgIpc) is 3.17. The van der Waals surface area contributed by atoms with Gasteiger partial charge < -0.3 is 19.5 Å².